The minimum Gasteiger partial charge on any atom is -0.491 e. The van der Waals surface area contributed by atoms with Crippen LogP contribution in [-0.2, 0) is 11.8 Å². The zero-order valence-corrected chi connectivity index (χ0v) is 14.8. The fraction of sp³-hybridized carbons (Fsp3) is 0.286. The molecule has 0 bridgehead atoms. The predicted molar refractivity (Wildman–Crippen MR) is 102 cm³/mol. The van der Waals surface area contributed by atoms with Crippen molar-refractivity contribution in [2.24, 2.45) is 7.05 Å². The lowest BCUT2D eigenvalue weighted by Crippen LogP contribution is -2.16. The summed E-state index contributed by atoms with van der Waals surface area (Å²) in [7, 11) is 2.00. The van der Waals surface area contributed by atoms with Gasteiger partial charge in [-0.2, -0.15) is 0 Å². The number of aromatic nitrogens is 1. The van der Waals surface area contributed by atoms with Crippen LogP contribution in [-0.4, -0.2) is 29.8 Å². The number of aryl methyl sites for hydroxylation is 1. The molecule has 4 rings (SSSR count). The van der Waals surface area contributed by atoms with Crippen LogP contribution in [0.5, 0.6) is 5.75 Å². The largest absolute Gasteiger partial charge is 0.491 e. The van der Waals surface area contributed by atoms with E-state index in [1.165, 1.54) is 0 Å². The Bertz CT molecular complexity index is 909. The maximum atomic E-state index is 12.5. The zero-order chi connectivity index (χ0) is 17.9. The van der Waals surface area contributed by atoms with E-state index in [1.807, 2.05) is 49.6 Å². The van der Waals surface area contributed by atoms with Gasteiger partial charge in [-0.15, -0.1) is 0 Å². The molecule has 26 heavy (non-hydrogen) atoms. The first kappa shape index (κ1) is 16.7. The summed E-state index contributed by atoms with van der Waals surface area (Å²) in [5, 5.41) is 4.05. The van der Waals surface area contributed by atoms with Crippen LogP contribution in [0, 0.1) is 0 Å². The quantitative estimate of drug-likeness (QED) is 0.757. The molecular formula is C21H22N2O3. The highest BCUT2D eigenvalue weighted by molar-refractivity contribution is 6.05. The Balaban J connectivity index is 1.38. The number of anilines is 1. The summed E-state index contributed by atoms with van der Waals surface area (Å²) in [6, 6.07) is 15.1. The van der Waals surface area contributed by atoms with Gasteiger partial charge in [0.1, 0.15) is 12.4 Å². The van der Waals surface area contributed by atoms with Crippen molar-refractivity contribution < 1.29 is 14.3 Å². The monoisotopic (exact) mass is 350 g/mol. The molecule has 2 heterocycles. The average molecular weight is 350 g/mol. The lowest BCUT2D eigenvalue weighted by atomic mass is 10.2. The van der Waals surface area contributed by atoms with Gasteiger partial charge in [0.25, 0.3) is 5.91 Å². The Labute approximate surface area is 152 Å². The summed E-state index contributed by atoms with van der Waals surface area (Å²) in [5.41, 5.74) is 2.52. The third-order valence-corrected chi connectivity index (χ3v) is 4.72. The second-order valence-corrected chi connectivity index (χ2v) is 6.62. The minimum absolute atomic E-state index is 0.133. The number of carbonyl (C=O) groups excluding carboxylic acids is 1. The van der Waals surface area contributed by atoms with E-state index in [0.717, 1.165) is 41.8 Å². The molecule has 3 aromatic rings. The van der Waals surface area contributed by atoms with Gasteiger partial charge < -0.3 is 19.4 Å². The van der Waals surface area contributed by atoms with E-state index in [1.54, 1.807) is 12.1 Å². The van der Waals surface area contributed by atoms with Gasteiger partial charge in [0.05, 0.1) is 6.10 Å². The molecule has 1 amide bonds. The summed E-state index contributed by atoms with van der Waals surface area (Å²) in [5.74, 6) is 0.619. The molecule has 1 aliphatic rings. The summed E-state index contributed by atoms with van der Waals surface area (Å²) in [4.78, 5) is 12.5. The SMILES string of the molecule is Cn1ccc2cc(NC(=O)c3ccc(OC[C@@H]4CCCO4)cc3)ccc21. The molecule has 0 unspecified atom stereocenters. The number of hydrogen-bond acceptors (Lipinski definition) is 3. The van der Waals surface area contributed by atoms with E-state index in [4.69, 9.17) is 9.47 Å². The normalized spacial score (nSPS) is 16.7. The van der Waals surface area contributed by atoms with Crippen LogP contribution in [0.15, 0.2) is 54.7 Å². The maximum Gasteiger partial charge on any atom is 0.255 e. The van der Waals surface area contributed by atoms with Gasteiger partial charge in [0.15, 0.2) is 0 Å². The first-order valence-electron chi connectivity index (χ1n) is 8.90. The van der Waals surface area contributed by atoms with Crippen LogP contribution >= 0.6 is 0 Å². The standard InChI is InChI=1S/C21H22N2O3/c1-23-11-10-16-13-17(6-9-20(16)23)22-21(24)15-4-7-18(8-5-15)26-14-19-3-2-12-25-19/h4-11,13,19H,2-3,12,14H2,1H3,(H,22,24)/t19-/m0/s1. The molecule has 0 spiro atoms. The molecular weight excluding hydrogens is 328 g/mol. The molecule has 5 nitrogen and oxygen atoms in total. The highest BCUT2D eigenvalue weighted by Crippen LogP contribution is 2.21. The predicted octanol–water partition coefficient (Wildman–Crippen LogP) is 3.99. The summed E-state index contributed by atoms with van der Waals surface area (Å²) < 4.78 is 13.3. The summed E-state index contributed by atoms with van der Waals surface area (Å²) in [6.45, 7) is 1.38. The van der Waals surface area contributed by atoms with E-state index in [-0.39, 0.29) is 12.0 Å². The summed E-state index contributed by atoms with van der Waals surface area (Å²) in [6.07, 6.45) is 4.34. The van der Waals surface area contributed by atoms with E-state index in [0.29, 0.717) is 12.2 Å². The Hall–Kier alpha value is -2.79. The lowest BCUT2D eigenvalue weighted by molar-refractivity contribution is 0.0679. The summed E-state index contributed by atoms with van der Waals surface area (Å²) >= 11 is 0. The van der Waals surface area contributed by atoms with E-state index < -0.39 is 0 Å². The number of hydrogen-bond donors (Lipinski definition) is 1. The van der Waals surface area contributed by atoms with Crippen LogP contribution < -0.4 is 10.1 Å². The van der Waals surface area contributed by atoms with Crippen molar-refractivity contribution in [2.45, 2.75) is 18.9 Å². The van der Waals surface area contributed by atoms with Crippen LogP contribution in [0.2, 0.25) is 0 Å². The van der Waals surface area contributed by atoms with Gasteiger partial charge in [-0.05, 0) is 61.4 Å². The highest BCUT2D eigenvalue weighted by Gasteiger charge is 2.16. The molecule has 0 radical (unpaired) electrons. The Morgan fingerprint density at radius 3 is 2.85 bits per heavy atom. The molecule has 5 heteroatoms. The van der Waals surface area contributed by atoms with Crippen molar-refractivity contribution in [1.82, 2.24) is 4.57 Å². The molecule has 1 N–H and O–H groups in total. The smallest absolute Gasteiger partial charge is 0.255 e. The molecule has 2 aromatic carbocycles. The molecule has 1 aliphatic heterocycles. The Morgan fingerprint density at radius 2 is 2.08 bits per heavy atom. The lowest BCUT2D eigenvalue weighted by Gasteiger charge is -2.12. The van der Waals surface area contributed by atoms with E-state index in [9.17, 15) is 4.79 Å². The van der Waals surface area contributed by atoms with Crippen molar-refractivity contribution >= 4 is 22.5 Å². The van der Waals surface area contributed by atoms with E-state index in [2.05, 4.69) is 9.88 Å². The average Bonchev–Trinajstić information content (AvgIpc) is 3.30. The van der Waals surface area contributed by atoms with E-state index >= 15 is 0 Å². The van der Waals surface area contributed by atoms with Crippen LogP contribution in [0.3, 0.4) is 0 Å². The highest BCUT2D eigenvalue weighted by atomic mass is 16.5. The van der Waals surface area contributed by atoms with Gasteiger partial charge in [-0.3, -0.25) is 4.79 Å². The van der Waals surface area contributed by atoms with Gasteiger partial charge in [0, 0.05) is 42.0 Å². The maximum absolute atomic E-state index is 12.5. The molecule has 1 aromatic heterocycles. The van der Waals surface area contributed by atoms with Crippen LogP contribution in [0.1, 0.15) is 23.2 Å². The second-order valence-electron chi connectivity index (χ2n) is 6.62. The fourth-order valence-corrected chi connectivity index (χ4v) is 3.23. The molecule has 134 valence electrons. The van der Waals surface area contributed by atoms with Gasteiger partial charge in [-0.1, -0.05) is 0 Å². The molecule has 0 saturated carbocycles. The number of nitrogens with one attached hydrogen (secondary N) is 1. The van der Waals surface area contributed by atoms with Gasteiger partial charge in [-0.25, -0.2) is 0 Å². The number of amides is 1. The van der Waals surface area contributed by atoms with Crippen molar-refractivity contribution in [2.75, 3.05) is 18.5 Å². The van der Waals surface area contributed by atoms with Crippen molar-refractivity contribution in [3.8, 4) is 5.75 Å². The number of carbonyl (C=O) groups is 1. The number of benzene rings is 2. The Kier molecular flexibility index (Phi) is 4.63. The molecule has 1 atom stereocenters. The Morgan fingerprint density at radius 1 is 1.23 bits per heavy atom. The van der Waals surface area contributed by atoms with Crippen LogP contribution in [0.25, 0.3) is 10.9 Å². The van der Waals surface area contributed by atoms with Crippen molar-refractivity contribution in [3.63, 3.8) is 0 Å². The third-order valence-electron chi connectivity index (χ3n) is 4.72. The number of ether oxygens (including phenoxy) is 2. The van der Waals surface area contributed by atoms with Gasteiger partial charge >= 0.3 is 0 Å². The molecule has 1 fully saturated rings. The fourth-order valence-electron chi connectivity index (χ4n) is 3.23. The zero-order valence-electron chi connectivity index (χ0n) is 14.8. The number of nitrogens with zero attached hydrogens (tertiary/aromatic N) is 1. The number of rotatable bonds is 5. The van der Waals surface area contributed by atoms with Crippen molar-refractivity contribution in [3.05, 3.63) is 60.3 Å². The molecule has 0 aliphatic carbocycles. The minimum atomic E-state index is -0.133. The van der Waals surface area contributed by atoms with Crippen LogP contribution in [0.4, 0.5) is 5.69 Å². The first-order valence-corrected chi connectivity index (χ1v) is 8.90. The molecule has 1 saturated heterocycles. The number of fused-ring (bicyclic) bond motifs is 1. The second kappa shape index (κ2) is 7.22. The van der Waals surface area contributed by atoms with Gasteiger partial charge in [0.2, 0.25) is 0 Å². The van der Waals surface area contributed by atoms with Crippen molar-refractivity contribution in [1.29, 1.82) is 0 Å². The first-order chi connectivity index (χ1) is 12.7. The third kappa shape index (κ3) is 3.58. The topological polar surface area (TPSA) is 52.5 Å².